The lowest BCUT2D eigenvalue weighted by Gasteiger charge is -2.18. The van der Waals surface area contributed by atoms with Gasteiger partial charge >= 0.3 is 0 Å². The number of halogens is 2. The quantitative estimate of drug-likeness (QED) is 0.801. The van der Waals surface area contributed by atoms with Crippen LogP contribution < -0.4 is 11.1 Å². The van der Waals surface area contributed by atoms with Gasteiger partial charge in [0, 0.05) is 32.3 Å². The van der Waals surface area contributed by atoms with E-state index in [4.69, 9.17) is 5.73 Å². The minimum absolute atomic E-state index is 0. The van der Waals surface area contributed by atoms with Crippen LogP contribution in [0.5, 0.6) is 0 Å². The minimum atomic E-state index is 0. The van der Waals surface area contributed by atoms with E-state index in [1.807, 2.05) is 13.2 Å². The van der Waals surface area contributed by atoms with Crippen LogP contribution in [0.15, 0.2) is 12.4 Å². The first-order chi connectivity index (χ1) is 8.51. The van der Waals surface area contributed by atoms with Gasteiger partial charge in [-0.3, -0.25) is 9.48 Å². The lowest BCUT2D eigenvalue weighted by Crippen LogP contribution is -2.41. The van der Waals surface area contributed by atoms with Crippen LogP contribution in [0, 0.1) is 5.92 Å². The van der Waals surface area contributed by atoms with Crippen molar-refractivity contribution in [1.82, 2.24) is 15.1 Å². The Morgan fingerprint density at radius 2 is 2.10 bits per heavy atom. The highest BCUT2D eigenvalue weighted by Gasteiger charge is 2.12. The zero-order valence-electron chi connectivity index (χ0n) is 12.3. The average Bonchev–Trinajstić information content (AvgIpc) is 2.71. The van der Waals surface area contributed by atoms with Crippen LogP contribution in [0.4, 0.5) is 0 Å². The SMILES string of the molecule is CC(C)CC(CN)NC(=O)CCc1cnn(C)c1.Cl.Cl. The Labute approximate surface area is 133 Å². The van der Waals surface area contributed by atoms with Crippen molar-refractivity contribution in [1.29, 1.82) is 0 Å². The Hall–Kier alpha value is -0.780. The molecule has 1 heterocycles. The van der Waals surface area contributed by atoms with Gasteiger partial charge in [-0.25, -0.2) is 0 Å². The number of aromatic nitrogens is 2. The smallest absolute Gasteiger partial charge is 0.220 e. The monoisotopic (exact) mass is 324 g/mol. The van der Waals surface area contributed by atoms with E-state index in [1.54, 1.807) is 10.9 Å². The van der Waals surface area contributed by atoms with Gasteiger partial charge in [0.1, 0.15) is 0 Å². The van der Waals surface area contributed by atoms with E-state index in [2.05, 4.69) is 24.3 Å². The summed E-state index contributed by atoms with van der Waals surface area (Å²) in [5, 5.41) is 7.06. The number of nitrogens with one attached hydrogen (secondary N) is 1. The number of hydrogen-bond donors (Lipinski definition) is 2. The Kier molecular flexibility index (Phi) is 11.8. The molecule has 1 atom stereocenters. The van der Waals surface area contributed by atoms with Crippen molar-refractivity contribution in [2.75, 3.05) is 6.54 Å². The molecule has 20 heavy (non-hydrogen) atoms. The molecule has 0 saturated heterocycles. The largest absolute Gasteiger partial charge is 0.352 e. The van der Waals surface area contributed by atoms with Crippen molar-refractivity contribution in [2.45, 2.75) is 39.2 Å². The maximum absolute atomic E-state index is 11.8. The van der Waals surface area contributed by atoms with Crippen molar-refractivity contribution in [3.05, 3.63) is 18.0 Å². The van der Waals surface area contributed by atoms with Gasteiger partial charge in [0.2, 0.25) is 5.91 Å². The third-order valence-electron chi connectivity index (χ3n) is 2.80. The van der Waals surface area contributed by atoms with Crippen LogP contribution in [-0.2, 0) is 18.3 Å². The third-order valence-corrected chi connectivity index (χ3v) is 2.80. The fraction of sp³-hybridized carbons (Fsp3) is 0.692. The summed E-state index contributed by atoms with van der Waals surface area (Å²) in [4.78, 5) is 11.8. The molecule has 0 bridgehead atoms. The second-order valence-corrected chi connectivity index (χ2v) is 5.15. The maximum atomic E-state index is 11.8. The summed E-state index contributed by atoms with van der Waals surface area (Å²) >= 11 is 0. The van der Waals surface area contributed by atoms with Gasteiger partial charge in [0.25, 0.3) is 0 Å². The van der Waals surface area contributed by atoms with Gasteiger partial charge in [0.05, 0.1) is 6.20 Å². The average molecular weight is 325 g/mol. The highest BCUT2D eigenvalue weighted by molar-refractivity contribution is 5.85. The molecule has 5 nitrogen and oxygen atoms in total. The molecule has 118 valence electrons. The maximum Gasteiger partial charge on any atom is 0.220 e. The summed E-state index contributed by atoms with van der Waals surface area (Å²) in [6.07, 6.45) is 5.86. The summed E-state index contributed by atoms with van der Waals surface area (Å²) in [7, 11) is 1.87. The van der Waals surface area contributed by atoms with Crippen molar-refractivity contribution < 1.29 is 4.79 Å². The van der Waals surface area contributed by atoms with E-state index in [0.29, 0.717) is 18.9 Å². The zero-order valence-corrected chi connectivity index (χ0v) is 14.0. The molecule has 0 fully saturated rings. The molecule has 0 aliphatic rings. The highest BCUT2D eigenvalue weighted by atomic mass is 35.5. The Bertz CT molecular complexity index is 382. The molecule has 1 aromatic rings. The van der Waals surface area contributed by atoms with E-state index in [9.17, 15) is 4.79 Å². The van der Waals surface area contributed by atoms with E-state index >= 15 is 0 Å². The Balaban J connectivity index is 0. The fourth-order valence-corrected chi connectivity index (χ4v) is 1.94. The highest BCUT2D eigenvalue weighted by Crippen LogP contribution is 2.05. The molecule has 0 radical (unpaired) electrons. The summed E-state index contributed by atoms with van der Waals surface area (Å²) in [6.45, 7) is 4.76. The summed E-state index contributed by atoms with van der Waals surface area (Å²) in [5.74, 6) is 0.604. The van der Waals surface area contributed by atoms with Crippen LogP contribution in [0.1, 0.15) is 32.3 Å². The van der Waals surface area contributed by atoms with Gasteiger partial charge in [-0.05, 0) is 24.3 Å². The Morgan fingerprint density at radius 1 is 1.45 bits per heavy atom. The predicted molar refractivity (Wildman–Crippen MR) is 86.5 cm³/mol. The first-order valence-corrected chi connectivity index (χ1v) is 6.48. The second kappa shape index (κ2) is 10.9. The molecular weight excluding hydrogens is 299 g/mol. The van der Waals surface area contributed by atoms with E-state index < -0.39 is 0 Å². The fourth-order valence-electron chi connectivity index (χ4n) is 1.94. The number of hydrogen-bond acceptors (Lipinski definition) is 3. The van der Waals surface area contributed by atoms with Crippen molar-refractivity contribution in [3.8, 4) is 0 Å². The lowest BCUT2D eigenvalue weighted by atomic mass is 10.0. The number of nitrogens with two attached hydrogens (primary N) is 1. The van der Waals surface area contributed by atoms with Crippen molar-refractivity contribution >= 4 is 30.7 Å². The second-order valence-electron chi connectivity index (χ2n) is 5.15. The lowest BCUT2D eigenvalue weighted by molar-refractivity contribution is -0.121. The summed E-state index contributed by atoms with van der Waals surface area (Å²) < 4.78 is 1.74. The van der Waals surface area contributed by atoms with Crippen LogP contribution in [0.2, 0.25) is 0 Å². The van der Waals surface area contributed by atoms with Crippen molar-refractivity contribution in [3.63, 3.8) is 0 Å². The molecule has 1 aromatic heterocycles. The van der Waals surface area contributed by atoms with E-state index in [1.165, 1.54) is 0 Å². The molecule has 0 aliphatic heterocycles. The topological polar surface area (TPSA) is 72.9 Å². The molecule has 7 heteroatoms. The van der Waals surface area contributed by atoms with Gasteiger partial charge in [-0.2, -0.15) is 5.10 Å². The summed E-state index contributed by atoms with van der Waals surface area (Å²) in [6, 6.07) is 0.0893. The van der Waals surface area contributed by atoms with E-state index in [-0.39, 0.29) is 36.8 Å². The van der Waals surface area contributed by atoms with Gasteiger partial charge in [-0.1, -0.05) is 13.8 Å². The molecule has 0 aliphatic carbocycles. The van der Waals surface area contributed by atoms with Gasteiger partial charge in [0.15, 0.2) is 0 Å². The van der Waals surface area contributed by atoms with E-state index in [0.717, 1.165) is 18.4 Å². The number of rotatable bonds is 7. The molecule has 3 N–H and O–H groups in total. The van der Waals surface area contributed by atoms with Crippen molar-refractivity contribution in [2.24, 2.45) is 18.7 Å². The minimum Gasteiger partial charge on any atom is -0.352 e. The van der Waals surface area contributed by atoms with Crippen LogP contribution in [-0.4, -0.2) is 28.3 Å². The van der Waals surface area contributed by atoms with Crippen LogP contribution in [0.3, 0.4) is 0 Å². The number of carbonyl (C=O) groups excluding carboxylic acids is 1. The van der Waals surface area contributed by atoms with Crippen LogP contribution >= 0.6 is 24.8 Å². The molecule has 0 aromatic carbocycles. The first-order valence-electron chi connectivity index (χ1n) is 6.48. The number of nitrogens with zero attached hydrogens (tertiary/aromatic N) is 2. The van der Waals surface area contributed by atoms with Gasteiger partial charge < -0.3 is 11.1 Å². The number of amides is 1. The summed E-state index contributed by atoms with van der Waals surface area (Å²) in [5.41, 5.74) is 6.74. The molecule has 0 spiro atoms. The number of carbonyl (C=O) groups is 1. The molecular formula is C13H26Cl2N4O. The van der Waals surface area contributed by atoms with Gasteiger partial charge in [-0.15, -0.1) is 24.8 Å². The Morgan fingerprint density at radius 3 is 2.55 bits per heavy atom. The zero-order chi connectivity index (χ0) is 13.5. The molecule has 1 unspecified atom stereocenters. The molecule has 1 amide bonds. The first kappa shape index (κ1) is 21.5. The predicted octanol–water partition coefficient (Wildman–Crippen LogP) is 1.69. The third kappa shape index (κ3) is 8.40. The standard InChI is InChI=1S/C13H24N4O.2ClH/c1-10(2)6-12(7-14)16-13(18)5-4-11-8-15-17(3)9-11;;/h8-10,12H,4-7,14H2,1-3H3,(H,16,18);2*1H. The molecule has 0 saturated carbocycles. The van der Waals surface area contributed by atoms with Crippen LogP contribution in [0.25, 0.3) is 0 Å². The molecule has 1 rings (SSSR count). The number of aryl methyl sites for hydroxylation is 2. The normalized spacial score (nSPS) is 11.4.